The van der Waals surface area contributed by atoms with Crippen molar-refractivity contribution in [3.05, 3.63) is 23.8 Å². The Labute approximate surface area is 107 Å². The molecule has 0 unspecified atom stereocenters. The van der Waals surface area contributed by atoms with E-state index < -0.39 is 0 Å². The molecule has 1 aromatic carbocycles. The highest BCUT2D eigenvalue weighted by molar-refractivity contribution is 6.29. The van der Waals surface area contributed by atoms with Gasteiger partial charge < -0.3 is 10.1 Å². The minimum Gasteiger partial charge on any atom is -0.491 e. The van der Waals surface area contributed by atoms with Gasteiger partial charge in [-0.15, -0.1) is 11.6 Å². The van der Waals surface area contributed by atoms with Gasteiger partial charge in [0.05, 0.1) is 12.3 Å². The second kappa shape index (κ2) is 6.50. The smallest absolute Gasteiger partial charge is 0.239 e. The Morgan fingerprint density at radius 1 is 1.47 bits per heavy atom. The van der Waals surface area contributed by atoms with Crippen LogP contribution in [0.1, 0.15) is 19.4 Å². The molecule has 1 aromatic rings. The average molecular weight is 256 g/mol. The van der Waals surface area contributed by atoms with Crippen molar-refractivity contribution in [3.8, 4) is 5.75 Å². The fourth-order valence-corrected chi connectivity index (χ4v) is 1.42. The van der Waals surface area contributed by atoms with E-state index in [4.69, 9.17) is 16.3 Å². The lowest BCUT2D eigenvalue weighted by molar-refractivity contribution is -0.113. The largest absolute Gasteiger partial charge is 0.491 e. The predicted octanol–water partition coefficient (Wildman–Crippen LogP) is 3.21. The number of benzene rings is 1. The summed E-state index contributed by atoms with van der Waals surface area (Å²) in [6.07, 6.45) is 0. The van der Waals surface area contributed by atoms with Gasteiger partial charge in [-0.3, -0.25) is 4.79 Å². The molecule has 17 heavy (non-hydrogen) atoms. The Morgan fingerprint density at radius 3 is 2.76 bits per heavy atom. The number of para-hydroxylation sites is 1. The zero-order valence-electron chi connectivity index (χ0n) is 10.4. The molecular formula is C13H18ClNO2. The predicted molar refractivity (Wildman–Crippen MR) is 70.9 cm³/mol. The molecule has 0 aliphatic rings. The Hall–Kier alpha value is -1.22. The minimum atomic E-state index is -0.227. The van der Waals surface area contributed by atoms with Gasteiger partial charge in [0, 0.05) is 0 Å². The number of carbonyl (C=O) groups excluding carboxylic acids is 1. The van der Waals surface area contributed by atoms with E-state index in [1.54, 1.807) is 0 Å². The lowest BCUT2D eigenvalue weighted by Gasteiger charge is -2.15. The van der Waals surface area contributed by atoms with E-state index in [-0.39, 0.29) is 11.8 Å². The summed E-state index contributed by atoms with van der Waals surface area (Å²) in [6.45, 7) is 6.69. The first-order valence-electron chi connectivity index (χ1n) is 5.62. The van der Waals surface area contributed by atoms with E-state index in [9.17, 15) is 4.79 Å². The van der Waals surface area contributed by atoms with Gasteiger partial charge in [-0.1, -0.05) is 26.0 Å². The van der Waals surface area contributed by atoms with Crippen LogP contribution in [0.25, 0.3) is 0 Å². The monoisotopic (exact) mass is 255 g/mol. The Kier molecular flexibility index (Phi) is 5.29. The van der Waals surface area contributed by atoms with Crippen LogP contribution in [0.3, 0.4) is 0 Å². The van der Waals surface area contributed by atoms with Crippen molar-refractivity contribution < 1.29 is 9.53 Å². The molecule has 0 fully saturated rings. The molecule has 0 saturated heterocycles. The van der Waals surface area contributed by atoms with Gasteiger partial charge in [-0.25, -0.2) is 0 Å². The number of aryl methyl sites for hydroxylation is 1. The maximum Gasteiger partial charge on any atom is 0.239 e. The van der Waals surface area contributed by atoms with Crippen molar-refractivity contribution in [2.45, 2.75) is 20.8 Å². The van der Waals surface area contributed by atoms with Crippen LogP contribution in [0.4, 0.5) is 5.69 Å². The number of carbonyl (C=O) groups is 1. The third-order valence-electron chi connectivity index (χ3n) is 2.19. The minimum absolute atomic E-state index is 0.0576. The summed E-state index contributed by atoms with van der Waals surface area (Å²) in [5.74, 6) is 0.845. The number of alkyl halides is 1. The first kappa shape index (κ1) is 13.8. The topological polar surface area (TPSA) is 38.3 Å². The quantitative estimate of drug-likeness (QED) is 0.821. The SMILES string of the molecule is Cc1cccc(OCC(C)C)c1NC(=O)CCl. The second-order valence-corrected chi connectivity index (χ2v) is 4.60. The number of rotatable bonds is 5. The highest BCUT2D eigenvalue weighted by Crippen LogP contribution is 2.28. The third-order valence-corrected chi connectivity index (χ3v) is 2.44. The maximum absolute atomic E-state index is 11.3. The molecule has 0 aliphatic carbocycles. The number of ether oxygens (including phenoxy) is 1. The summed E-state index contributed by atoms with van der Waals surface area (Å²) >= 11 is 5.48. The van der Waals surface area contributed by atoms with E-state index in [0.29, 0.717) is 24.0 Å². The average Bonchev–Trinajstić information content (AvgIpc) is 2.29. The van der Waals surface area contributed by atoms with E-state index in [1.807, 2.05) is 25.1 Å². The fraction of sp³-hybridized carbons (Fsp3) is 0.462. The first-order chi connectivity index (χ1) is 8.04. The number of hydrogen-bond donors (Lipinski definition) is 1. The van der Waals surface area contributed by atoms with Crippen molar-refractivity contribution in [1.29, 1.82) is 0 Å². The highest BCUT2D eigenvalue weighted by atomic mass is 35.5. The van der Waals surface area contributed by atoms with Gasteiger partial charge in [0.2, 0.25) is 5.91 Å². The second-order valence-electron chi connectivity index (χ2n) is 4.33. The number of nitrogens with one attached hydrogen (secondary N) is 1. The van der Waals surface area contributed by atoms with Crippen molar-refractivity contribution in [2.75, 3.05) is 17.8 Å². The molecule has 1 N–H and O–H groups in total. The van der Waals surface area contributed by atoms with Crippen LogP contribution < -0.4 is 10.1 Å². The molecule has 1 amide bonds. The van der Waals surface area contributed by atoms with Gasteiger partial charge in [0.25, 0.3) is 0 Å². The lowest BCUT2D eigenvalue weighted by atomic mass is 10.2. The number of hydrogen-bond acceptors (Lipinski definition) is 2. The van der Waals surface area contributed by atoms with Gasteiger partial charge in [0.1, 0.15) is 11.6 Å². The maximum atomic E-state index is 11.3. The molecule has 0 heterocycles. The van der Waals surface area contributed by atoms with Gasteiger partial charge in [0.15, 0.2) is 0 Å². The van der Waals surface area contributed by atoms with Crippen LogP contribution in [0.15, 0.2) is 18.2 Å². The number of halogens is 1. The van der Waals surface area contributed by atoms with Crippen molar-refractivity contribution in [1.82, 2.24) is 0 Å². The molecule has 94 valence electrons. The van der Waals surface area contributed by atoms with E-state index in [1.165, 1.54) is 0 Å². The van der Waals surface area contributed by atoms with Crippen LogP contribution in [0.2, 0.25) is 0 Å². The van der Waals surface area contributed by atoms with Crippen LogP contribution in [0, 0.1) is 12.8 Å². The van der Waals surface area contributed by atoms with E-state index in [2.05, 4.69) is 19.2 Å². The zero-order chi connectivity index (χ0) is 12.8. The van der Waals surface area contributed by atoms with E-state index in [0.717, 1.165) is 5.56 Å². The summed E-state index contributed by atoms with van der Waals surface area (Å²) < 4.78 is 5.67. The molecule has 3 nitrogen and oxygen atoms in total. The standard InChI is InChI=1S/C13H18ClNO2/c1-9(2)8-17-11-6-4-5-10(3)13(11)15-12(16)7-14/h4-6,9H,7-8H2,1-3H3,(H,15,16). The zero-order valence-corrected chi connectivity index (χ0v) is 11.2. The van der Waals surface area contributed by atoms with Crippen LogP contribution in [0.5, 0.6) is 5.75 Å². The Morgan fingerprint density at radius 2 is 2.18 bits per heavy atom. The van der Waals surface area contributed by atoms with Gasteiger partial charge >= 0.3 is 0 Å². The summed E-state index contributed by atoms with van der Waals surface area (Å²) in [6, 6.07) is 5.67. The van der Waals surface area contributed by atoms with Gasteiger partial charge in [-0.2, -0.15) is 0 Å². The normalized spacial score (nSPS) is 10.4. The molecule has 1 rings (SSSR count). The summed E-state index contributed by atoms with van der Waals surface area (Å²) in [4.78, 5) is 11.3. The van der Waals surface area contributed by atoms with Crippen molar-refractivity contribution in [3.63, 3.8) is 0 Å². The van der Waals surface area contributed by atoms with Crippen LogP contribution in [-0.4, -0.2) is 18.4 Å². The summed E-state index contributed by atoms with van der Waals surface area (Å²) in [5.41, 5.74) is 1.67. The molecule has 0 saturated carbocycles. The van der Waals surface area contributed by atoms with Crippen LogP contribution >= 0.6 is 11.6 Å². The molecule has 0 aromatic heterocycles. The Balaban J connectivity index is 2.87. The van der Waals surface area contributed by atoms with Crippen molar-refractivity contribution in [2.24, 2.45) is 5.92 Å². The lowest BCUT2D eigenvalue weighted by Crippen LogP contribution is -2.15. The molecule has 0 atom stereocenters. The molecule has 0 bridgehead atoms. The number of anilines is 1. The van der Waals surface area contributed by atoms with E-state index >= 15 is 0 Å². The molecule has 4 heteroatoms. The fourth-order valence-electron chi connectivity index (χ4n) is 1.35. The number of amides is 1. The molecule has 0 spiro atoms. The van der Waals surface area contributed by atoms with Crippen LogP contribution in [-0.2, 0) is 4.79 Å². The Bertz CT molecular complexity index is 391. The third kappa shape index (κ3) is 4.27. The molecule has 0 aliphatic heterocycles. The summed E-state index contributed by atoms with van der Waals surface area (Å²) in [7, 11) is 0. The highest BCUT2D eigenvalue weighted by Gasteiger charge is 2.10. The van der Waals surface area contributed by atoms with Crippen molar-refractivity contribution >= 4 is 23.2 Å². The molecular weight excluding hydrogens is 238 g/mol. The summed E-state index contributed by atoms with van der Waals surface area (Å²) in [5, 5.41) is 2.76. The molecule has 0 radical (unpaired) electrons. The van der Waals surface area contributed by atoms with Gasteiger partial charge in [-0.05, 0) is 24.5 Å². The first-order valence-corrected chi connectivity index (χ1v) is 6.16.